The van der Waals surface area contributed by atoms with Gasteiger partial charge in [-0.15, -0.1) is 0 Å². The second-order valence-corrected chi connectivity index (χ2v) is 9.11. The summed E-state index contributed by atoms with van der Waals surface area (Å²) < 4.78 is 40.0. The van der Waals surface area contributed by atoms with Gasteiger partial charge >= 0.3 is 0 Å². The molecule has 0 aliphatic carbocycles. The summed E-state index contributed by atoms with van der Waals surface area (Å²) in [6.07, 6.45) is 0. The van der Waals surface area contributed by atoms with Crippen molar-refractivity contribution in [1.82, 2.24) is 15.6 Å². The van der Waals surface area contributed by atoms with Crippen molar-refractivity contribution in [3.63, 3.8) is 0 Å². The minimum atomic E-state index is -3.90. The van der Waals surface area contributed by atoms with Crippen molar-refractivity contribution in [1.29, 1.82) is 5.41 Å². The van der Waals surface area contributed by atoms with Crippen LogP contribution in [0.2, 0.25) is 0 Å². The molecule has 0 unspecified atom stereocenters. The average molecular weight is 495 g/mol. The highest BCUT2D eigenvalue weighted by Crippen LogP contribution is 2.23. The average Bonchev–Trinajstić information content (AvgIpc) is 3.03. The zero-order valence-electron chi connectivity index (χ0n) is 14.4. The Bertz CT molecular complexity index is 984. The van der Waals surface area contributed by atoms with E-state index < -0.39 is 33.5 Å². The SMILES string of the molecule is C[C@H](CSc1nonc1C(=N)Nc1ccc(F)c(Br)c1)NC(=O)CS(N)(=O)=O. The van der Waals surface area contributed by atoms with Crippen LogP contribution in [0.5, 0.6) is 0 Å². The zero-order valence-corrected chi connectivity index (χ0v) is 17.6. The lowest BCUT2D eigenvalue weighted by Crippen LogP contribution is -2.39. The third-order valence-electron chi connectivity index (χ3n) is 3.09. The summed E-state index contributed by atoms with van der Waals surface area (Å²) in [4.78, 5) is 11.6. The van der Waals surface area contributed by atoms with Gasteiger partial charge in [-0.05, 0) is 51.4 Å². The normalized spacial score (nSPS) is 12.4. The number of carbonyl (C=O) groups is 1. The molecule has 1 aromatic heterocycles. The van der Waals surface area contributed by atoms with Crippen molar-refractivity contribution >= 4 is 55.1 Å². The van der Waals surface area contributed by atoms with Crippen LogP contribution in [-0.4, -0.2) is 48.0 Å². The second-order valence-electron chi connectivity index (χ2n) is 5.63. The Balaban J connectivity index is 1.94. The smallest absolute Gasteiger partial charge is 0.236 e. The highest BCUT2D eigenvalue weighted by molar-refractivity contribution is 9.10. The molecule has 0 saturated carbocycles. The van der Waals surface area contributed by atoms with Crippen molar-refractivity contribution in [3.8, 4) is 0 Å². The number of thioether (sulfide) groups is 1. The number of nitrogens with one attached hydrogen (secondary N) is 3. The summed E-state index contributed by atoms with van der Waals surface area (Å²) in [6, 6.07) is 3.76. The topological polar surface area (TPSA) is 164 Å². The number of amides is 1. The highest BCUT2D eigenvalue weighted by atomic mass is 79.9. The van der Waals surface area contributed by atoms with Gasteiger partial charge in [0.25, 0.3) is 0 Å². The molecule has 14 heteroatoms. The molecule has 1 heterocycles. The number of rotatable bonds is 8. The first-order valence-electron chi connectivity index (χ1n) is 7.61. The van der Waals surface area contributed by atoms with E-state index in [9.17, 15) is 17.6 Å². The molecule has 1 amide bonds. The van der Waals surface area contributed by atoms with Crippen LogP contribution in [0, 0.1) is 11.2 Å². The fourth-order valence-electron chi connectivity index (χ4n) is 1.95. The molecule has 0 aliphatic rings. The molecule has 2 rings (SSSR count). The molecular formula is C14H16BrFN6O4S2. The van der Waals surface area contributed by atoms with Gasteiger partial charge in [0.2, 0.25) is 15.9 Å². The maximum Gasteiger partial charge on any atom is 0.236 e. The largest absolute Gasteiger partial charge is 0.352 e. The van der Waals surface area contributed by atoms with Gasteiger partial charge in [-0.25, -0.2) is 22.6 Å². The van der Waals surface area contributed by atoms with Gasteiger partial charge in [-0.2, -0.15) is 0 Å². The molecule has 10 nitrogen and oxygen atoms in total. The first-order chi connectivity index (χ1) is 13.0. The molecule has 2 aromatic rings. The third kappa shape index (κ3) is 6.85. The van der Waals surface area contributed by atoms with Crippen LogP contribution >= 0.6 is 27.7 Å². The van der Waals surface area contributed by atoms with Gasteiger partial charge in [0.1, 0.15) is 11.6 Å². The molecule has 0 radical (unpaired) electrons. The van der Waals surface area contributed by atoms with E-state index in [2.05, 4.69) is 41.5 Å². The molecule has 1 atom stereocenters. The number of amidine groups is 1. The third-order valence-corrected chi connectivity index (χ3v) is 5.57. The molecule has 28 heavy (non-hydrogen) atoms. The van der Waals surface area contributed by atoms with Crippen LogP contribution in [0.15, 0.2) is 32.3 Å². The van der Waals surface area contributed by atoms with E-state index in [0.717, 1.165) is 11.8 Å². The Kier molecular flexibility index (Phi) is 7.51. The van der Waals surface area contributed by atoms with Crippen molar-refractivity contribution in [2.75, 3.05) is 16.8 Å². The number of halogens is 2. The molecule has 1 aromatic carbocycles. The van der Waals surface area contributed by atoms with Crippen LogP contribution in [0.3, 0.4) is 0 Å². The van der Waals surface area contributed by atoms with E-state index in [0.29, 0.717) is 16.5 Å². The van der Waals surface area contributed by atoms with Crippen molar-refractivity contribution in [2.24, 2.45) is 5.14 Å². The number of primary sulfonamides is 1. The predicted molar refractivity (Wildman–Crippen MR) is 105 cm³/mol. The van der Waals surface area contributed by atoms with Crippen LogP contribution in [0.1, 0.15) is 12.6 Å². The summed E-state index contributed by atoms with van der Waals surface area (Å²) in [6.45, 7) is 1.67. The van der Waals surface area contributed by atoms with Crippen molar-refractivity contribution < 1.29 is 22.2 Å². The standard InChI is InChI=1S/C14H16BrFN6O4S2/c1-7(19-11(23)6-28(18,24)25)5-27-14-12(21-26-22-14)13(17)20-8-2-3-10(16)9(15)4-8/h2-4,7H,5-6H2,1H3,(H2,17,20)(H,19,23)(H2,18,24,25)/t7-/m1/s1. The molecule has 0 spiro atoms. The lowest BCUT2D eigenvalue weighted by atomic mass is 10.3. The van der Waals surface area contributed by atoms with Gasteiger partial charge in [0.05, 0.1) is 4.47 Å². The lowest BCUT2D eigenvalue weighted by molar-refractivity contribution is -0.119. The first-order valence-corrected chi connectivity index (χ1v) is 11.1. The summed E-state index contributed by atoms with van der Waals surface area (Å²) in [7, 11) is -3.90. The van der Waals surface area contributed by atoms with Crippen LogP contribution in [0.4, 0.5) is 10.1 Å². The molecule has 5 N–H and O–H groups in total. The Labute approximate surface area is 172 Å². The van der Waals surface area contributed by atoms with Gasteiger partial charge in [-0.3, -0.25) is 10.2 Å². The van der Waals surface area contributed by atoms with Crippen LogP contribution < -0.4 is 15.8 Å². The first kappa shape index (κ1) is 22.3. The summed E-state index contributed by atoms with van der Waals surface area (Å²) in [5, 5.41) is 25.9. The van der Waals surface area contributed by atoms with Crippen molar-refractivity contribution in [3.05, 3.63) is 34.2 Å². The van der Waals surface area contributed by atoms with E-state index in [1.807, 2.05) is 0 Å². The van der Waals surface area contributed by atoms with Gasteiger partial charge in [-0.1, -0.05) is 11.8 Å². The van der Waals surface area contributed by atoms with Gasteiger partial charge < -0.3 is 10.6 Å². The fourth-order valence-corrected chi connectivity index (χ4v) is 3.63. The van der Waals surface area contributed by atoms with E-state index in [1.165, 1.54) is 18.2 Å². The molecule has 152 valence electrons. The number of sulfonamides is 1. The van der Waals surface area contributed by atoms with E-state index in [-0.39, 0.29) is 16.0 Å². The van der Waals surface area contributed by atoms with Crippen molar-refractivity contribution in [2.45, 2.75) is 18.0 Å². The summed E-state index contributed by atoms with van der Waals surface area (Å²) >= 11 is 4.21. The predicted octanol–water partition coefficient (Wildman–Crippen LogP) is 1.29. The Morgan fingerprint density at radius 2 is 2.18 bits per heavy atom. The maximum atomic E-state index is 13.3. The highest BCUT2D eigenvalue weighted by Gasteiger charge is 2.19. The molecule has 0 aliphatic heterocycles. The zero-order chi connectivity index (χ0) is 20.9. The number of carbonyl (C=O) groups excluding carboxylic acids is 1. The number of benzene rings is 1. The second kappa shape index (κ2) is 9.45. The fraction of sp³-hybridized carbons (Fsp3) is 0.286. The summed E-state index contributed by atoms with van der Waals surface area (Å²) in [5.74, 6) is -1.76. The number of hydrogen-bond donors (Lipinski definition) is 4. The Hall–Kier alpha value is -2.03. The number of hydrogen-bond acceptors (Lipinski definition) is 8. The molecule has 0 fully saturated rings. The van der Waals surface area contributed by atoms with E-state index >= 15 is 0 Å². The number of nitrogens with two attached hydrogens (primary N) is 1. The number of aromatic nitrogens is 2. The number of nitrogens with zero attached hydrogens (tertiary/aromatic N) is 2. The minimum Gasteiger partial charge on any atom is -0.352 e. The monoisotopic (exact) mass is 494 g/mol. The van der Waals surface area contributed by atoms with Crippen LogP contribution in [0.25, 0.3) is 0 Å². The number of anilines is 1. The minimum absolute atomic E-state index is 0.117. The van der Waals surface area contributed by atoms with Gasteiger partial charge in [0, 0.05) is 17.5 Å². The maximum absolute atomic E-state index is 13.3. The summed E-state index contributed by atoms with van der Waals surface area (Å²) in [5.41, 5.74) is 0.592. The van der Waals surface area contributed by atoms with Gasteiger partial charge in [0.15, 0.2) is 16.6 Å². The Morgan fingerprint density at radius 3 is 2.82 bits per heavy atom. The molecular weight excluding hydrogens is 479 g/mol. The van der Waals surface area contributed by atoms with Crippen LogP contribution in [-0.2, 0) is 14.8 Å². The Morgan fingerprint density at radius 1 is 1.46 bits per heavy atom. The molecule has 0 bridgehead atoms. The lowest BCUT2D eigenvalue weighted by Gasteiger charge is -2.12. The molecule has 0 saturated heterocycles. The quantitative estimate of drug-likeness (QED) is 0.242. The van der Waals surface area contributed by atoms with E-state index in [1.54, 1.807) is 6.92 Å². The van der Waals surface area contributed by atoms with E-state index in [4.69, 9.17) is 10.5 Å².